The van der Waals surface area contributed by atoms with E-state index >= 15 is 0 Å². The summed E-state index contributed by atoms with van der Waals surface area (Å²) in [6.07, 6.45) is 1.10. The molecule has 0 saturated carbocycles. The normalized spacial score (nSPS) is 11.1. The summed E-state index contributed by atoms with van der Waals surface area (Å²) in [6, 6.07) is 4.38. The van der Waals surface area contributed by atoms with Crippen molar-refractivity contribution in [2.75, 3.05) is 0 Å². The molecular weight excluding hydrogens is 327 g/mol. The van der Waals surface area contributed by atoms with Crippen molar-refractivity contribution in [3.63, 3.8) is 0 Å². The summed E-state index contributed by atoms with van der Waals surface area (Å²) in [5.41, 5.74) is 2.72. The van der Waals surface area contributed by atoms with Gasteiger partial charge in [-0.05, 0) is 63.0 Å². The number of alkyl halides is 1. The first-order chi connectivity index (χ1) is 6.77. The third-order valence-electron chi connectivity index (χ3n) is 2.37. The van der Waals surface area contributed by atoms with E-state index in [1.54, 1.807) is 0 Å². The molecule has 3 heteroatoms. The van der Waals surface area contributed by atoms with Crippen molar-refractivity contribution in [1.82, 2.24) is 0 Å². The average molecular weight is 337 g/mol. The Morgan fingerprint density at radius 2 is 2.29 bits per heavy atom. The van der Waals surface area contributed by atoms with Crippen molar-refractivity contribution < 1.29 is 0 Å². The quantitative estimate of drug-likeness (QED) is 0.545. The third kappa shape index (κ3) is 1.68. The minimum atomic E-state index is 0.604. The van der Waals surface area contributed by atoms with Crippen molar-refractivity contribution in [2.24, 2.45) is 0 Å². The number of fused-ring (bicyclic) bond motifs is 1. The van der Waals surface area contributed by atoms with E-state index in [9.17, 15) is 0 Å². The fourth-order valence-electron chi connectivity index (χ4n) is 1.66. The molecule has 1 heterocycles. The lowest BCUT2D eigenvalue weighted by Gasteiger charge is -2.06. The highest BCUT2D eigenvalue weighted by atomic mass is 127. The fraction of sp³-hybridized carbons (Fsp3) is 0.273. The first-order valence-corrected chi connectivity index (χ1v) is 7.00. The Labute approximate surface area is 106 Å². The van der Waals surface area contributed by atoms with Gasteiger partial charge in [-0.2, -0.15) is 0 Å². The summed E-state index contributed by atoms with van der Waals surface area (Å²) in [4.78, 5) is 0. The highest BCUT2D eigenvalue weighted by Crippen LogP contribution is 2.32. The van der Waals surface area contributed by atoms with Crippen LogP contribution < -0.4 is 0 Å². The van der Waals surface area contributed by atoms with E-state index in [4.69, 9.17) is 11.6 Å². The summed E-state index contributed by atoms with van der Waals surface area (Å²) >= 11 is 10.2. The van der Waals surface area contributed by atoms with E-state index in [0.29, 0.717) is 5.88 Å². The van der Waals surface area contributed by atoms with Crippen molar-refractivity contribution in [2.45, 2.75) is 19.2 Å². The number of aryl methyl sites for hydroxylation is 1. The summed E-state index contributed by atoms with van der Waals surface area (Å²) in [7, 11) is 0. The van der Waals surface area contributed by atoms with Crippen LogP contribution in [0.3, 0.4) is 0 Å². The van der Waals surface area contributed by atoms with Gasteiger partial charge in [0.15, 0.2) is 0 Å². The van der Waals surface area contributed by atoms with Crippen LogP contribution in [0.4, 0.5) is 0 Å². The van der Waals surface area contributed by atoms with E-state index < -0.39 is 0 Å². The van der Waals surface area contributed by atoms with Crippen molar-refractivity contribution in [3.05, 3.63) is 32.2 Å². The summed E-state index contributed by atoms with van der Waals surface area (Å²) < 4.78 is 2.76. The molecule has 0 unspecified atom stereocenters. The molecule has 0 bridgehead atoms. The van der Waals surface area contributed by atoms with Crippen molar-refractivity contribution in [1.29, 1.82) is 0 Å². The molecule has 0 aliphatic rings. The first-order valence-electron chi connectivity index (χ1n) is 4.51. The Kier molecular flexibility index (Phi) is 3.34. The van der Waals surface area contributed by atoms with Crippen LogP contribution >= 0.6 is 45.5 Å². The second-order valence-corrected chi connectivity index (χ2v) is 5.49. The second kappa shape index (κ2) is 4.37. The standard InChI is InChI=1S/C11H10ClIS/c1-2-8-10(13)5-7(6-12)9-3-4-14-11(8)9/h3-5H,2,6H2,1H3. The van der Waals surface area contributed by atoms with Gasteiger partial charge in [0.05, 0.1) is 0 Å². The van der Waals surface area contributed by atoms with Gasteiger partial charge in [0, 0.05) is 14.2 Å². The molecule has 0 saturated heterocycles. The maximum absolute atomic E-state index is 5.93. The van der Waals surface area contributed by atoms with Crippen LogP contribution in [-0.4, -0.2) is 0 Å². The maximum atomic E-state index is 5.93. The Morgan fingerprint density at radius 3 is 2.93 bits per heavy atom. The fourth-order valence-corrected chi connectivity index (χ4v) is 4.16. The smallest absolute Gasteiger partial charge is 0.0480 e. The Bertz CT molecular complexity index is 462. The lowest BCUT2D eigenvalue weighted by molar-refractivity contribution is 1.15. The SMILES string of the molecule is CCc1c(I)cc(CCl)c2ccsc12. The molecule has 14 heavy (non-hydrogen) atoms. The average Bonchev–Trinajstić information content (AvgIpc) is 2.65. The number of rotatable bonds is 2. The zero-order valence-corrected chi connectivity index (χ0v) is 11.5. The van der Waals surface area contributed by atoms with Crippen LogP contribution in [0.25, 0.3) is 10.1 Å². The topological polar surface area (TPSA) is 0 Å². The Hall–Kier alpha value is 0.200. The van der Waals surface area contributed by atoms with Gasteiger partial charge in [0.2, 0.25) is 0 Å². The predicted octanol–water partition coefficient (Wildman–Crippen LogP) is 4.81. The number of hydrogen-bond donors (Lipinski definition) is 0. The number of benzene rings is 1. The van der Waals surface area contributed by atoms with Crippen LogP contribution in [0.15, 0.2) is 17.5 Å². The minimum absolute atomic E-state index is 0.604. The predicted molar refractivity (Wildman–Crippen MR) is 73.5 cm³/mol. The number of halogens is 2. The second-order valence-electron chi connectivity index (χ2n) is 3.15. The highest BCUT2D eigenvalue weighted by molar-refractivity contribution is 14.1. The molecule has 74 valence electrons. The molecular formula is C11H10ClIS. The molecule has 0 aliphatic heterocycles. The van der Waals surface area contributed by atoms with Crippen LogP contribution in [0.2, 0.25) is 0 Å². The largest absolute Gasteiger partial charge is 0.143 e. The highest BCUT2D eigenvalue weighted by Gasteiger charge is 2.09. The molecule has 1 aromatic carbocycles. The molecule has 0 atom stereocenters. The zero-order chi connectivity index (χ0) is 10.1. The van der Waals surface area contributed by atoms with Crippen molar-refractivity contribution >= 4 is 55.6 Å². The zero-order valence-electron chi connectivity index (χ0n) is 7.81. The van der Waals surface area contributed by atoms with E-state index in [1.807, 2.05) is 11.3 Å². The third-order valence-corrected chi connectivity index (χ3v) is 4.60. The number of thiophene rings is 1. The minimum Gasteiger partial charge on any atom is -0.143 e. The molecule has 0 aliphatic carbocycles. The molecule has 2 rings (SSSR count). The lowest BCUT2D eigenvalue weighted by atomic mass is 10.1. The molecule has 2 aromatic rings. The van der Waals surface area contributed by atoms with Gasteiger partial charge in [-0.3, -0.25) is 0 Å². The van der Waals surface area contributed by atoms with E-state index in [0.717, 1.165) is 6.42 Å². The molecule has 0 radical (unpaired) electrons. The number of hydrogen-bond acceptors (Lipinski definition) is 1. The Morgan fingerprint density at radius 1 is 1.50 bits per heavy atom. The summed E-state index contributed by atoms with van der Waals surface area (Å²) in [5.74, 6) is 0.604. The molecule has 1 aromatic heterocycles. The van der Waals surface area contributed by atoms with Gasteiger partial charge in [-0.15, -0.1) is 22.9 Å². The van der Waals surface area contributed by atoms with Gasteiger partial charge >= 0.3 is 0 Å². The first kappa shape index (κ1) is 10.7. The van der Waals surface area contributed by atoms with E-state index in [-0.39, 0.29) is 0 Å². The monoisotopic (exact) mass is 336 g/mol. The van der Waals surface area contributed by atoms with Gasteiger partial charge in [0.1, 0.15) is 0 Å². The van der Waals surface area contributed by atoms with Crippen LogP contribution in [0.1, 0.15) is 18.1 Å². The van der Waals surface area contributed by atoms with Crippen molar-refractivity contribution in [3.8, 4) is 0 Å². The molecule has 0 nitrogen and oxygen atoms in total. The van der Waals surface area contributed by atoms with Gasteiger partial charge in [0.25, 0.3) is 0 Å². The van der Waals surface area contributed by atoms with E-state index in [1.165, 1.54) is 24.8 Å². The van der Waals surface area contributed by atoms with Gasteiger partial charge < -0.3 is 0 Å². The molecule has 0 spiro atoms. The Balaban J connectivity index is 2.81. The maximum Gasteiger partial charge on any atom is 0.0480 e. The summed E-state index contributed by atoms with van der Waals surface area (Å²) in [5, 5.41) is 3.48. The molecule has 0 amide bonds. The van der Waals surface area contributed by atoms with Crippen LogP contribution in [-0.2, 0) is 12.3 Å². The van der Waals surface area contributed by atoms with Crippen LogP contribution in [0.5, 0.6) is 0 Å². The molecule has 0 fully saturated rings. The van der Waals surface area contributed by atoms with Gasteiger partial charge in [-0.25, -0.2) is 0 Å². The molecule has 0 N–H and O–H groups in total. The van der Waals surface area contributed by atoms with Gasteiger partial charge in [-0.1, -0.05) is 6.92 Å². The lowest BCUT2D eigenvalue weighted by Crippen LogP contribution is -1.90. The summed E-state index contributed by atoms with van der Waals surface area (Å²) in [6.45, 7) is 2.21. The van der Waals surface area contributed by atoms with Crippen LogP contribution in [0, 0.1) is 3.57 Å². The van der Waals surface area contributed by atoms with E-state index in [2.05, 4.69) is 47.0 Å².